The van der Waals surface area contributed by atoms with Gasteiger partial charge in [-0.05, 0) is 53.0 Å². The van der Waals surface area contributed by atoms with Gasteiger partial charge in [-0.2, -0.15) is 0 Å². The molecule has 0 unspecified atom stereocenters. The summed E-state index contributed by atoms with van der Waals surface area (Å²) in [4.78, 5) is 24.9. The molecule has 0 aliphatic carbocycles. The Labute approximate surface area is 120 Å². The second-order valence-electron chi connectivity index (χ2n) is 6.43. The van der Waals surface area contributed by atoms with E-state index in [4.69, 9.17) is 10.5 Å². The van der Waals surface area contributed by atoms with Gasteiger partial charge in [0, 0.05) is 24.5 Å². The van der Waals surface area contributed by atoms with Gasteiger partial charge in [-0.3, -0.25) is 0 Å². The number of carbonyl (C=O) groups excluding carboxylic acids is 2. The molecule has 0 spiro atoms. The molecule has 1 fully saturated rings. The van der Waals surface area contributed by atoms with Crippen LogP contribution in [0, 0.1) is 5.41 Å². The number of likely N-dealkylation sites (tertiary alicyclic amines) is 1. The largest absolute Gasteiger partial charge is 0.550 e. The van der Waals surface area contributed by atoms with Crippen molar-refractivity contribution in [2.45, 2.75) is 52.1 Å². The van der Waals surface area contributed by atoms with Gasteiger partial charge >= 0.3 is 6.09 Å². The third-order valence-electron chi connectivity index (χ3n) is 3.66. The van der Waals surface area contributed by atoms with Crippen LogP contribution in [0.15, 0.2) is 0 Å². The number of carboxylic acid groups (broad SMARTS) is 1. The average molecular weight is 285 g/mol. The smallest absolute Gasteiger partial charge is 0.410 e. The van der Waals surface area contributed by atoms with E-state index in [-0.39, 0.29) is 6.09 Å². The fourth-order valence-corrected chi connectivity index (χ4v) is 2.44. The van der Waals surface area contributed by atoms with Crippen molar-refractivity contribution >= 4 is 12.1 Å². The summed E-state index contributed by atoms with van der Waals surface area (Å²) >= 11 is 0. The van der Waals surface area contributed by atoms with Crippen molar-refractivity contribution in [2.75, 3.05) is 19.6 Å². The highest BCUT2D eigenvalue weighted by atomic mass is 16.6. The quantitative estimate of drug-likeness (QED) is 0.811. The van der Waals surface area contributed by atoms with E-state index in [1.807, 2.05) is 20.8 Å². The summed E-state index contributed by atoms with van der Waals surface area (Å²) in [6.07, 6.45) is 1.57. The molecule has 6 nitrogen and oxygen atoms in total. The van der Waals surface area contributed by atoms with E-state index in [0.717, 1.165) is 0 Å². The van der Waals surface area contributed by atoms with Crippen LogP contribution in [0.4, 0.5) is 4.79 Å². The van der Waals surface area contributed by atoms with Gasteiger partial charge in [-0.15, -0.1) is 0 Å². The Kier molecular flexibility index (Phi) is 5.39. The minimum atomic E-state index is -1.03. The Morgan fingerprint density at radius 3 is 2.25 bits per heavy atom. The number of carbonyl (C=O) groups is 2. The molecule has 1 saturated heterocycles. The molecule has 2 N–H and O–H groups in total. The minimum absolute atomic E-state index is 0.382. The van der Waals surface area contributed by atoms with Crippen molar-refractivity contribution in [3.8, 4) is 0 Å². The fraction of sp³-hybridized carbons (Fsp3) is 0.857. The lowest BCUT2D eigenvalue weighted by molar-refractivity contribution is -0.321. The highest BCUT2D eigenvalue weighted by Crippen LogP contribution is 2.36. The van der Waals surface area contributed by atoms with Crippen LogP contribution in [0.5, 0.6) is 0 Å². The number of hydrogen-bond acceptors (Lipinski definition) is 5. The number of rotatable bonds is 4. The number of hydrogen-bond donors (Lipinski definition) is 1. The molecule has 0 bridgehead atoms. The molecule has 0 radical (unpaired) electrons. The predicted octanol–water partition coefficient (Wildman–Crippen LogP) is 0.493. The van der Waals surface area contributed by atoms with E-state index in [1.165, 1.54) is 0 Å². The maximum atomic E-state index is 11.9. The summed E-state index contributed by atoms with van der Waals surface area (Å²) in [7, 11) is 0. The number of carboxylic acids is 1. The van der Waals surface area contributed by atoms with Crippen molar-refractivity contribution in [3.63, 3.8) is 0 Å². The summed E-state index contributed by atoms with van der Waals surface area (Å²) < 4.78 is 5.29. The van der Waals surface area contributed by atoms with E-state index in [0.29, 0.717) is 45.3 Å². The lowest BCUT2D eigenvalue weighted by Crippen LogP contribution is -2.52. The molecule has 1 heterocycles. The number of nitrogens with two attached hydrogens (primary N) is 1. The summed E-state index contributed by atoms with van der Waals surface area (Å²) in [6, 6.07) is 0. The average Bonchev–Trinajstić information content (AvgIpc) is 2.34. The van der Waals surface area contributed by atoms with Gasteiger partial charge in [0.15, 0.2) is 0 Å². The molecule has 1 aliphatic heterocycles. The molecule has 1 amide bonds. The van der Waals surface area contributed by atoms with Crippen molar-refractivity contribution in [3.05, 3.63) is 0 Å². The number of piperidine rings is 1. The first kappa shape index (κ1) is 16.8. The highest BCUT2D eigenvalue weighted by Gasteiger charge is 2.37. The van der Waals surface area contributed by atoms with Crippen LogP contribution in [0.1, 0.15) is 46.5 Å². The minimum Gasteiger partial charge on any atom is -0.550 e. The van der Waals surface area contributed by atoms with Gasteiger partial charge in [0.1, 0.15) is 5.60 Å². The zero-order valence-electron chi connectivity index (χ0n) is 12.6. The second-order valence-corrected chi connectivity index (χ2v) is 6.43. The van der Waals surface area contributed by atoms with Gasteiger partial charge in [-0.1, -0.05) is 0 Å². The van der Waals surface area contributed by atoms with Gasteiger partial charge in [0.25, 0.3) is 0 Å². The molecule has 0 aromatic heterocycles. The summed E-state index contributed by atoms with van der Waals surface area (Å²) in [6.45, 7) is 6.65. The zero-order chi connectivity index (χ0) is 15.4. The first-order valence-electron chi connectivity index (χ1n) is 7.10. The number of aliphatic carboxylic acids is 1. The molecular formula is C14H25N2O4-. The van der Waals surface area contributed by atoms with Crippen molar-refractivity contribution in [1.29, 1.82) is 0 Å². The van der Waals surface area contributed by atoms with Crippen LogP contribution in [0.25, 0.3) is 0 Å². The maximum Gasteiger partial charge on any atom is 0.410 e. The van der Waals surface area contributed by atoms with Crippen molar-refractivity contribution in [1.82, 2.24) is 4.90 Å². The second kappa shape index (κ2) is 6.43. The van der Waals surface area contributed by atoms with Crippen LogP contribution in [0.3, 0.4) is 0 Å². The highest BCUT2D eigenvalue weighted by molar-refractivity contribution is 5.74. The Bertz CT molecular complexity index is 355. The van der Waals surface area contributed by atoms with E-state index in [1.54, 1.807) is 4.90 Å². The summed E-state index contributed by atoms with van der Waals surface area (Å²) in [5, 5.41) is 11.4. The Hall–Kier alpha value is -1.30. The molecule has 0 atom stereocenters. The normalized spacial score (nSPS) is 18.7. The van der Waals surface area contributed by atoms with E-state index >= 15 is 0 Å². The Morgan fingerprint density at radius 2 is 1.85 bits per heavy atom. The van der Waals surface area contributed by atoms with Crippen LogP contribution in [-0.4, -0.2) is 42.2 Å². The zero-order valence-corrected chi connectivity index (χ0v) is 12.6. The molecular weight excluding hydrogens is 260 g/mol. The molecule has 6 heteroatoms. The molecule has 1 aliphatic rings. The van der Waals surface area contributed by atoms with Crippen molar-refractivity contribution in [2.24, 2.45) is 11.1 Å². The van der Waals surface area contributed by atoms with Crippen LogP contribution >= 0.6 is 0 Å². The van der Waals surface area contributed by atoms with Crippen molar-refractivity contribution < 1.29 is 19.4 Å². The van der Waals surface area contributed by atoms with Crippen LogP contribution < -0.4 is 10.8 Å². The third kappa shape index (κ3) is 4.37. The Balaban J connectivity index is 2.60. The van der Waals surface area contributed by atoms with Gasteiger partial charge in [-0.25, -0.2) is 4.79 Å². The molecule has 1 rings (SSSR count). The lowest BCUT2D eigenvalue weighted by Gasteiger charge is -2.42. The molecule has 0 aromatic rings. The standard InChI is InChI=1S/C14H26N2O4/c1-13(2,3)20-12(19)16-9-6-14(7-10-16,11(17)18)5-4-8-15/h4-10,15H2,1-3H3,(H,17,18)/p-1. The number of nitrogens with zero attached hydrogens (tertiary/aromatic N) is 1. The van der Waals surface area contributed by atoms with E-state index < -0.39 is 17.0 Å². The monoisotopic (exact) mass is 285 g/mol. The summed E-state index contributed by atoms with van der Waals surface area (Å²) in [5.74, 6) is -1.03. The van der Waals surface area contributed by atoms with Gasteiger partial charge < -0.3 is 25.3 Å². The SMILES string of the molecule is CC(C)(C)OC(=O)N1CCC(CCCN)(C(=O)[O-])CC1. The Morgan fingerprint density at radius 1 is 1.30 bits per heavy atom. The summed E-state index contributed by atoms with van der Waals surface area (Å²) in [5.41, 5.74) is 4.06. The lowest BCUT2D eigenvalue weighted by atomic mass is 9.75. The van der Waals surface area contributed by atoms with E-state index in [9.17, 15) is 14.7 Å². The molecule has 0 saturated carbocycles. The van der Waals surface area contributed by atoms with Gasteiger partial charge in [0.05, 0.1) is 0 Å². The topological polar surface area (TPSA) is 95.7 Å². The third-order valence-corrected chi connectivity index (χ3v) is 3.66. The fourth-order valence-electron chi connectivity index (χ4n) is 2.44. The number of ether oxygens (including phenoxy) is 1. The van der Waals surface area contributed by atoms with Crippen LogP contribution in [0.2, 0.25) is 0 Å². The predicted molar refractivity (Wildman–Crippen MR) is 72.8 cm³/mol. The molecule has 116 valence electrons. The van der Waals surface area contributed by atoms with Crippen LogP contribution in [-0.2, 0) is 9.53 Å². The van der Waals surface area contributed by atoms with E-state index in [2.05, 4.69) is 0 Å². The molecule has 0 aromatic carbocycles. The first-order chi connectivity index (χ1) is 9.20. The number of amides is 1. The van der Waals surface area contributed by atoms with Gasteiger partial charge in [0.2, 0.25) is 0 Å². The molecule has 20 heavy (non-hydrogen) atoms. The first-order valence-corrected chi connectivity index (χ1v) is 7.10. The maximum absolute atomic E-state index is 11.9.